The molecule has 0 rings (SSSR count). The highest BCUT2D eigenvalue weighted by atomic mass is 31.2. The summed E-state index contributed by atoms with van der Waals surface area (Å²) in [4.78, 5) is 48.0. The molecule has 0 saturated carbocycles. The molecule has 0 saturated heterocycles. The fourth-order valence-electron chi connectivity index (χ4n) is 6.31. The van der Waals surface area contributed by atoms with E-state index < -0.39 is 57.8 Å². The van der Waals surface area contributed by atoms with Gasteiger partial charge in [0.15, 0.2) is 6.10 Å². The number of carbonyl (C=O) groups is 3. The lowest BCUT2D eigenvalue weighted by Crippen LogP contribution is -2.30. The third kappa shape index (κ3) is 42.5. The summed E-state index contributed by atoms with van der Waals surface area (Å²) in [7, 11) is -4.75. The first-order valence-electron chi connectivity index (χ1n) is 24.2. The summed E-state index contributed by atoms with van der Waals surface area (Å²) < 4.78 is 39.0. The molecular formula is C50H87O11P. The standard InChI is InChI=1S/C50H87O11P/c1-4-7-10-13-16-19-21-22-23-24-26-28-30-33-36-39-48(52)57-43-47(61-50(54)41-38-35-32-29-25-20-17-14-11-8-5-2)45-59-62(55,56)58-44-46(42-51)60-49(53)40-37-34-31-27-18-15-12-9-6-3/h7,10,16,19,22-23,26,28,33,36,46-47,51H,4-6,8-9,11-15,17-18,20-21,24-25,27,29-32,34-35,37-45H2,1-3H3,(H,55,56)/b10-7-,19-16-,23-22-,28-26-,36-33-. The lowest BCUT2D eigenvalue weighted by atomic mass is 10.1. The summed E-state index contributed by atoms with van der Waals surface area (Å²) >= 11 is 0. The van der Waals surface area contributed by atoms with Gasteiger partial charge in [0.2, 0.25) is 0 Å². The topological polar surface area (TPSA) is 155 Å². The first kappa shape index (κ1) is 59.2. The summed E-state index contributed by atoms with van der Waals surface area (Å²) in [5, 5.41) is 9.71. The van der Waals surface area contributed by atoms with Crippen LogP contribution in [0, 0.1) is 0 Å². The van der Waals surface area contributed by atoms with E-state index in [9.17, 15) is 28.9 Å². The molecule has 12 heteroatoms. The van der Waals surface area contributed by atoms with Crippen molar-refractivity contribution in [2.24, 2.45) is 0 Å². The molecule has 0 radical (unpaired) electrons. The van der Waals surface area contributed by atoms with Gasteiger partial charge >= 0.3 is 25.7 Å². The van der Waals surface area contributed by atoms with E-state index in [1.165, 1.54) is 77.0 Å². The van der Waals surface area contributed by atoms with Gasteiger partial charge in [-0.15, -0.1) is 0 Å². The van der Waals surface area contributed by atoms with Crippen molar-refractivity contribution in [3.63, 3.8) is 0 Å². The largest absolute Gasteiger partial charge is 0.472 e. The smallest absolute Gasteiger partial charge is 0.461 e. The first-order valence-corrected chi connectivity index (χ1v) is 25.7. The molecule has 0 amide bonds. The van der Waals surface area contributed by atoms with Crippen molar-refractivity contribution in [1.82, 2.24) is 0 Å². The van der Waals surface area contributed by atoms with Crippen LogP contribution in [0.15, 0.2) is 60.8 Å². The number of aliphatic hydroxyl groups excluding tert-OH is 1. The minimum Gasteiger partial charge on any atom is -0.461 e. The molecule has 0 aromatic carbocycles. The number of aliphatic hydroxyl groups is 1. The predicted molar refractivity (Wildman–Crippen MR) is 252 cm³/mol. The van der Waals surface area contributed by atoms with Crippen molar-refractivity contribution in [1.29, 1.82) is 0 Å². The summed E-state index contributed by atoms with van der Waals surface area (Å²) in [5.74, 6) is -1.62. The monoisotopic (exact) mass is 895 g/mol. The van der Waals surface area contributed by atoms with E-state index in [0.717, 1.165) is 64.2 Å². The van der Waals surface area contributed by atoms with Gasteiger partial charge in [-0.1, -0.05) is 197 Å². The average Bonchev–Trinajstić information content (AvgIpc) is 3.25. The number of hydrogen-bond acceptors (Lipinski definition) is 10. The molecule has 0 heterocycles. The summed E-state index contributed by atoms with van der Waals surface area (Å²) in [6.45, 7) is 4.36. The Kier molecular flexibility index (Phi) is 42.7. The highest BCUT2D eigenvalue weighted by Gasteiger charge is 2.28. The van der Waals surface area contributed by atoms with Crippen LogP contribution in [0.5, 0.6) is 0 Å². The van der Waals surface area contributed by atoms with E-state index in [0.29, 0.717) is 19.3 Å². The van der Waals surface area contributed by atoms with Crippen molar-refractivity contribution in [2.75, 3.05) is 26.4 Å². The third-order valence-electron chi connectivity index (χ3n) is 9.99. The number of esters is 3. The van der Waals surface area contributed by atoms with E-state index >= 15 is 0 Å². The Morgan fingerprint density at radius 3 is 1.23 bits per heavy atom. The normalized spacial score (nSPS) is 14.1. The minimum atomic E-state index is -4.75. The van der Waals surface area contributed by atoms with Crippen molar-refractivity contribution in [3.05, 3.63) is 60.8 Å². The van der Waals surface area contributed by atoms with E-state index in [2.05, 4.69) is 63.3 Å². The van der Waals surface area contributed by atoms with Crippen molar-refractivity contribution in [2.45, 2.75) is 213 Å². The van der Waals surface area contributed by atoms with E-state index in [1.807, 2.05) is 12.2 Å². The van der Waals surface area contributed by atoms with Crippen molar-refractivity contribution in [3.8, 4) is 0 Å². The Morgan fingerprint density at radius 2 is 0.823 bits per heavy atom. The van der Waals surface area contributed by atoms with Crippen LogP contribution in [0.3, 0.4) is 0 Å². The molecule has 0 aromatic heterocycles. The van der Waals surface area contributed by atoms with Gasteiger partial charge in [0.25, 0.3) is 0 Å². The molecule has 2 N–H and O–H groups in total. The van der Waals surface area contributed by atoms with Crippen LogP contribution >= 0.6 is 7.82 Å². The zero-order valence-electron chi connectivity index (χ0n) is 39.1. The molecule has 0 aliphatic carbocycles. The summed E-state index contributed by atoms with van der Waals surface area (Å²) in [6, 6.07) is 0. The van der Waals surface area contributed by atoms with Crippen LogP contribution in [0.4, 0.5) is 0 Å². The van der Waals surface area contributed by atoms with Crippen molar-refractivity contribution < 1.29 is 52.2 Å². The lowest BCUT2D eigenvalue weighted by Gasteiger charge is -2.21. The fourth-order valence-corrected chi connectivity index (χ4v) is 7.09. The molecule has 0 spiro atoms. The van der Waals surface area contributed by atoms with Crippen LogP contribution < -0.4 is 0 Å². The van der Waals surface area contributed by atoms with Gasteiger partial charge < -0.3 is 24.2 Å². The molecule has 358 valence electrons. The molecule has 3 unspecified atom stereocenters. The van der Waals surface area contributed by atoms with Crippen LogP contribution in [0.25, 0.3) is 0 Å². The van der Waals surface area contributed by atoms with E-state index in [1.54, 1.807) is 6.08 Å². The minimum absolute atomic E-state index is 0.00418. The Labute approximate surface area is 376 Å². The summed E-state index contributed by atoms with van der Waals surface area (Å²) in [6.07, 6.45) is 45.2. The van der Waals surface area contributed by atoms with E-state index in [-0.39, 0.29) is 25.9 Å². The number of allylic oxidation sites excluding steroid dienone is 9. The SMILES string of the molecule is CC/C=C\C/C=C\C/C=C\C/C=C\C/C=C\CC(=O)OCC(COP(=O)(O)OCC(CO)OC(=O)CCCCCCCCCCC)OC(=O)CCCCCCCCCCCCC. The van der Waals surface area contributed by atoms with Crippen molar-refractivity contribution >= 4 is 25.7 Å². The number of rotatable bonds is 44. The van der Waals surface area contributed by atoms with Crippen LogP contribution in [-0.2, 0) is 42.2 Å². The second kappa shape index (κ2) is 44.8. The number of carbonyl (C=O) groups excluding carboxylic acids is 3. The molecule has 0 bridgehead atoms. The molecule has 0 aliphatic rings. The van der Waals surface area contributed by atoms with Gasteiger partial charge in [-0.05, 0) is 44.9 Å². The number of hydrogen-bond donors (Lipinski definition) is 2. The number of phosphoric ester groups is 1. The van der Waals surface area contributed by atoms with Crippen LogP contribution in [0.1, 0.15) is 201 Å². The third-order valence-corrected chi connectivity index (χ3v) is 10.9. The molecular weight excluding hydrogens is 808 g/mol. The number of ether oxygens (including phenoxy) is 3. The van der Waals surface area contributed by atoms with Gasteiger partial charge in [-0.2, -0.15) is 0 Å². The highest BCUT2D eigenvalue weighted by Crippen LogP contribution is 2.43. The maximum Gasteiger partial charge on any atom is 0.472 e. The molecule has 3 atom stereocenters. The zero-order chi connectivity index (χ0) is 45.6. The summed E-state index contributed by atoms with van der Waals surface area (Å²) in [5.41, 5.74) is 0. The van der Waals surface area contributed by atoms with Crippen LogP contribution in [-0.4, -0.2) is 66.5 Å². The van der Waals surface area contributed by atoms with Gasteiger partial charge in [0.1, 0.15) is 12.7 Å². The fraction of sp³-hybridized carbons (Fsp3) is 0.740. The van der Waals surface area contributed by atoms with Gasteiger partial charge in [0.05, 0.1) is 26.2 Å². The van der Waals surface area contributed by atoms with Gasteiger partial charge in [-0.3, -0.25) is 23.4 Å². The molecule has 11 nitrogen and oxygen atoms in total. The Balaban J connectivity index is 4.87. The van der Waals surface area contributed by atoms with Crippen LogP contribution in [0.2, 0.25) is 0 Å². The quantitative estimate of drug-likeness (QED) is 0.0197. The number of unbranched alkanes of at least 4 members (excludes halogenated alkanes) is 18. The first-order chi connectivity index (χ1) is 30.2. The molecule has 62 heavy (non-hydrogen) atoms. The highest BCUT2D eigenvalue weighted by molar-refractivity contribution is 7.47. The second-order valence-electron chi connectivity index (χ2n) is 15.9. The predicted octanol–water partition coefficient (Wildman–Crippen LogP) is 13.2. The Hall–Kier alpha value is -2.82. The second-order valence-corrected chi connectivity index (χ2v) is 17.4. The lowest BCUT2D eigenvalue weighted by molar-refractivity contribution is -0.161. The molecule has 0 fully saturated rings. The molecule has 0 aliphatic heterocycles. The number of phosphoric acid groups is 1. The Morgan fingerprint density at radius 1 is 0.468 bits per heavy atom. The molecule has 0 aromatic rings. The Bertz CT molecular complexity index is 1280. The maximum atomic E-state index is 12.8. The van der Waals surface area contributed by atoms with Gasteiger partial charge in [0, 0.05) is 12.8 Å². The van der Waals surface area contributed by atoms with Gasteiger partial charge in [-0.25, -0.2) is 4.57 Å². The average molecular weight is 895 g/mol. The van der Waals surface area contributed by atoms with E-state index in [4.69, 9.17) is 23.3 Å². The zero-order valence-corrected chi connectivity index (χ0v) is 40.0. The maximum absolute atomic E-state index is 12.8.